The molecule has 5 rings (SSSR count). The molecule has 1 aliphatic heterocycles. The molecule has 2 atom stereocenters. The molecule has 2 N–H and O–H groups in total. The van der Waals surface area contributed by atoms with Gasteiger partial charge in [-0.25, -0.2) is 4.79 Å². The van der Waals surface area contributed by atoms with Crippen LogP contribution < -0.4 is 10.6 Å². The third-order valence-corrected chi connectivity index (χ3v) is 7.34. The van der Waals surface area contributed by atoms with Gasteiger partial charge in [0.15, 0.2) is 0 Å². The Labute approximate surface area is 213 Å². The molecule has 9 heteroatoms. The van der Waals surface area contributed by atoms with Crippen LogP contribution in [0.25, 0.3) is 0 Å². The van der Waals surface area contributed by atoms with Crippen molar-refractivity contribution in [3.63, 3.8) is 0 Å². The van der Waals surface area contributed by atoms with E-state index >= 15 is 0 Å². The first-order valence-electron chi connectivity index (χ1n) is 11.8. The number of hydrogen-bond donors (Lipinski definition) is 2. The lowest BCUT2D eigenvalue weighted by atomic mass is 10.1. The van der Waals surface area contributed by atoms with Gasteiger partial charge in [-0.15, -0.1) is 11.8 Å². The van der Waals surface area contributed by atoms with Crippen molar-refractivity contribution in [1.82, 2.24) is 15.2 Å². The first-order chi connectivity index (χ1) is 17.6. The van der Waals surface area contributed by atoms with Gasteiger partial charge in [0.1, 0.15) is 18.0 Å². The fourth-order valence-corrected chi connectivity index (χ4v) is 5.33. The molecule has 184 valence electrons. The number of nitrogens with zero attached hydrogens (tertiary/aromatic N) is 2. The SMILES string of the molecule is O=C(NC1CC1)c1ccc(NC(=O)[C@@H]2CSC(c3cccnc3)N2C(=O)OCc2ccccc2)cc1. The van der Waals surface area contributed by atoms with E-state index in [1.54, 1.807) is 42.7 Å². The Hall–Kier alpha value is -3.85. The number of nitrogens with one attached hydrogen (secondary N) is 2. The number of carbonyl (C=O) groups is 3. The highest BCUT2D eigenvalue weighted by Gasteiger charge is 2.43. The number of aromatic nitrogens is 1. The minimum atomic E-state index is -0.735. The van der Waals surface area contributed by atoms with Crippen LogP contribution >= 0.6 is 11.8 Å². The van der Waals surface area contributed by atoms with Crippen LogP contribution in [-0.2, 0) is 16.1 Å². The number of benzene rings is 2. The van der Waals surface area contributed by atoms with E-state index in [1.807, 2.05) is 36.4 Å². The third-order valence-electron chi connectivity index (χ3n) is 6.02. The quantitative estimate of drug-likeness (QED) is 0.498. The molecule has 8 nitrogen and oxygen atoms in total. The molecule has 1 aromatic heterocycles. The zero-order valence-electron chi connectivity index (χ0n) is 19.5. The fourth-order valence-electron chi connectivity index (χ4n) is 3.93. The standard InChI is InChI=1S/C27H26N4O4S/c32-24(29-22-12-13-22)19-8-10-21(11-9-19)30-25(33)23-17-36-26(20-7-4-14-28-15-20)31(23)27(34)35-16-18-5-2-1-3-6-18/h1-11,14-15,22-23,26H,12-13,16-17H2,(H,29,32)(H,30,33)/t23-,26?/m0/s1. The lowest BCUT2D eigenvalue weighted by Gasteiger charge is -2.28. The molecule has 1 saturated heterocycles. The summed E-state index contributed by atoms with van der Waals surface area (Å²) in [5.41, 5.74) is 2.78. The summed E-state index contributed by atoms with van der Waals surface area (Å²) in [5.74, 6) is -0.0248. The van der Waals surface area contributed by atoms with E-state index in [0.29, 0.717) is 17.0 Å². The maximum atomic E-state index is 13.3. The molecule has 1 aliphatic carbocycles. The second kappa shape index (κ2) is 10.8. The molecule has 3 amide bonds. The largest absolute Gasteiger partial charge is 0.444 e. The van der Waals surface area contributed by atoms with Gasteiger partial charge in [-0.2, -0.15) is 0 Å². The van der Waals surface area contributed by atoms with E-state index in [9.17, 15) is 14.4 Å². The number of amides is 3. The Morgan fingerprint density at radius 3 is 2.47 bits per heavy atom. The molecule has 0 bridgehead atoms. The lowest BCUT2D eigenvalue weighted by Crippen LogP contribution is -2.45. The van der Waals surface area contributed by atoms with Crippen molar-refractivity contribution in [3.8, 4) is 0 Å². The van der Waals surface area contributed by atoms with E-state index in [-0.39, 0.29) is 24.5 Å². The summed E-state index contributed by atoms with van der Waals surface area (Å²) >= 11 is 1.49. The summed E-state index contributed by atoms with van der Waals surface area (Å²) in [6.07, 6.45) is 4.83. The summed E-state index contributed by atoms with van der Waals surface area (Å²) in [5, 5.41) is 5.43. The molecular formula is C27H26N4O4S. The lowest BCUT2D eigenvalue weighted by molar-refractivity contribution is -0.120. The van der Waals surface area contributed by atoms with E-state index < -0.39 is 17.5 Å². The highest BCUT2D eigenvalue weighted by Crippen LogP contribution is 2.42. The van der Waals surface area contributed by atoms with Crippen molar-refractivity contribution < 1.29 is 19.1 Å². The number of thioether (sulfide) groups is 1. The van der Waals surface area contributed by atoms with Crippen molar-refractivity contribution in [3.05, 3.63) is 95.8 Å². The summed E-state index contributed by atoms with van der Waals surface area (Å²) in [6, 6.07) is 19.4. The molecule has 1 saturated carbocycles. The number of pyridine rings is 1. The molecule has 2 aromatic carbocycles. The van der Waals surface area contributed by atoms with Crippen molar-refractivity contribution in [2.45, 2.75) is 36.9 Å². The summed E-state index contributed by atoms with van der Waals surface area (Å²) in [6.45, 7) is 0.110. The van der Waals surface area contributed by atoms with Crippen molar-refractivity contribution in [2.24, 2.45) is 0 Å². The Morgan fingerprint density at radius 1 is 1.00 bits per heavy atom. The highest BCUT2D eigenvalue weighted by atomic mass is 32.2. The van der Waals surface area contributed by atoms with Crippen LogP contribution in [0.1, 0.15) is 39.7 Å². The first-order valence-corrected chi connectivity index (χ1v) is 12.9. The number of carbonyl (C=O) groups excluding carboxylic acids is 3. The molecule has 2 heterocycles. The molecule has 3 aromatic rings. The number of rotatable bonds is 7. The molecule has 1 unspecified atom stereocenters. The normalized spacial score (nSPS) is 18.9. The van der Waals surface area contributed by atoms with Crippen molar-refractivity contribution in [2.75, 3.05) is 11.1 Å². The van der Waals surface area contributed by atoms with E-state index in [4.69, 9.17) is 4.74 Å². The summed E-state index contributed by atoms with van der Waals surface area (Å²) in [7, 11) is 0. The van der Waals surface area contributed by atoms with Gasteiger partial charge in [0.2, 0.25) is 5.91 Å². The topological polar surface area (TPSA) is 101 Å². The Kier molecular flexibility index (Phi) is 7.18. The van der Waals surface area contributed by atoms with Crippen LogP contribution in [0.5, 0.6) is 0 Å². The molecule has 0 radical (unpaired) electrons. The van der Waals surface area contributed by atoms with Gasteiger partial charge in [-0.05, 0) is 48.7 Å². The molecule has 0 spiro atoms. The van der Waals surface area contributed by atoms with Crippen molar-refractivity contribution >= 4 is 35.4 Å². The monoisotopic (exact) mass is 502 g/mol. The van der Waals surface area contributed by atoms with Gasteiger partial charge in [-0.3, -0.25) is 19.5 Å². The number of hydrogen-bond acceptors (Lipinski definition) is 6. The maximum absolute atomic E-state index is 13.3. The minimum absolute atomic E-state index is 0.110. The Morgan fingerprint density at radius 2 is 1.78 bits per heavy atom. The van der Waals surface area contributed by atoms with E-state index in [1.165, 1.54) is 16.7 Å². The van der Waals surface area contributed by atoms with Gasteiger partial charge in [-0.1, -0.05) is 36.4 Å². The first kappa shape index (κ1) is 23.9. The number of anilines is 1. The fraction of sp³-hybridized carbons (Fsp3) is 0.259. The van der Waals surface area contributed by atoms with Crippen LogP contribution in [-0.4, -0.2) is 45.6 Å². The average molecular weight is 503 g/mol. The van der Waals surface area contributed by atoms with E-state index in [0.717, 1.165) is 24.0 Å². The predicted octanol–water partition coefficient (Wildman–Crippen LogP) is 4.37. The second-order valence-corrected chi connectivity index (χ2v) is 9.86. The van der Waals surface area contributed by atoms with Crippen LogP contribution in [0, 0.1) is 0 Å². The third kappa shape index (κ3) is 5.68. The predicted molar refractivity (Wildman–Crippen MR) is 137 cm³/mol. The van der Waals surface area contributed by atoms with Gasteiger partial charge >= 0.3 is 6.09 Å². The minimum Gasteiger partial charge on any atom is -0.444 e. The Bertz CT molecular complexity index is 1220. The Balaban J connectivity index is 1.29. The smallest absolute Gasteiger partial charge is 0.412 e. The molecule has 2 fully saturated rings. The average Bonchev–Trinajstić information content (AvgIpc) is 3.62. The maximum Gasteiger partial charge on any atom is 0.412 e. The van der Waals surface area contributed by atoms with Gasteiger partial charge < -0.3 is 15.4 Å². The van der Waals surface area contributed by atoms with Crippen LogP contribution in [0.4, 0.5) is 10.5 Å². The van der Waals surface area contributed by atoms with Gasteiger partial charge in [0.05, 0.1) is 0 Å². The van der Waals surface area contributed by atoms with Gasteiger partial charge in [0.25, 0.3) is 5.91 Å². The molecule has 2 aliphatic rings. The zero-order valence-corrected chi connectivity index (χ0v) is 20.3. The van der Waals surface area contributed by atoms with Gasteiger partial charge in [0, 0.05) is 41.0 Å². The van der Waals surface area contributed by atoms with E-state index in [2.05, 4.69) is 15.6 Å². The van der Waals surface area contributed by atoms with Crippen LogP contribution in [0.15, 0.2) is 79.1 Å². The summed E-state index contributed by atoms with van der Waals surface area (Å²) < 4.78 is 5.60. The summed E-state index contributed by atoms with van der Waals surface area (Å²) in [4.78, 5) is 44.4. The van der Waals surface area contributed by atoms with Crippen LogP contribution in [0.2, 0.25) is 0 Å². The van der Waals surface area contributed by atoms with Crippen molar-refractivity contribution in [1.29, 1.82) is 0 Å². The molecule has 36 heavy (non-hydrogen) atoms. The number of ether oxygens (including phenoxy) is 1. The zero-order chi connectivity index (χ0) is 24.9. The molecular weight excluding hydrogens is 476 g/mol. The second-order valence-electron chi connectivity index (χ2n) is 8.75. The van der Waals surface area contributed by atoms with Crippen LogP contribution in [0.3, 0.4) is 0 Å². The highest BCUT2D eigenvalue weighted by molar-refractivity contribution is 7.99.